The van der Waals surface area contributed by atoms with Crippen LogP contribution in [0.3, 0.4) is 0 Å². The number of carbonyl (C=O) groups excluding carboxylic acids is 5. The number of carbonyl (C=O) groups is 4. The van der Waals surface area contributed by atoms with E-state index in [9.17, 15) is 24.0 Å². The number of nitrogens with zero attached hydrogens (tertiary/aromatic N) is 3. The lowest BCUT2D eigenvalue weighted by Gasteiger charge is -2.32. The van der Waals surface area contributed by atoms with Crippen molar-refractivity contribution in [3.63, 3.8) is 0 Å². The molecule has 1 radical (unpaired) electrons. The van der Waals surface area contributed by atoms with Crippen molar-refractivity contribution in [2.24, 2.45) is 0 Å². The highest BCUT2D eigenvalue weighted by Crippen LogP contribution is 2.20. The Hall–Kier alpha value is -2.82. The second kappa shape index (κ2) is 7.83. The number of hydrogen-bond donors (Lipinski definition) is 2. The van der Waals surface area contributed by atoms with Gasteiger partial charge in [-0.1, -0.05) is 0 Å². The quantitative estimate of drug-likeness (QED) is 0.686. The summed E-state index contributed by atoms with van der Waals surface area (Å²) in [4.78, 5) is 64.3. The van der Waals surface area contributed by atoms with Gasteiger partial charge in [0.05, 0.1) is 5.69 Å². The molecule has 1 atom stereocenters. The zero-order valence-electron chi connectivity index (χ0n) is 13.6. The first-order valence-corrected chi connectivity index (χ1v) is 8.27. The summed E-state index contributed by atoms with van der Waals surface area (Å²) in [5.74, 6) is -2.04. The molecule has 1 aromatic heterocycles. The molecule has 2 N–H and O–H groups in total. The number of piperazine rings is 1. The summed E-state index contributed by atoms with van der Waals surface area (Å²) >= 11 is 1.07. The Morgan fingerprint density at radius 2 is 2.08 bits per heavy atom. The molecule has 5 amide bonds. The molecule has 133 valence electrons. The van der Waals surface area contributed by atoms with Gasteiger partial charge in [-0.3, -0.25) is 24.1 Å². The third-order valence-electron chi connectivity index (χ3n) is 3.42. The average molecular weight is 366 g/mol. The molecule has 1 aliphatic heterocycles. The molecule has 11 heteroatoms. The summed E-state index contributed by atoms with van der Waals surface area (Å²) in [5, 5.41) is 6.50. The summed E-state index contributed by atoms with van der Waals surface area (Å²) < 4.78 is 0. The van der Waals surface area contributed by atoms with Crippen LogP contribution in [0, 0.1) is 0 Å². The Bertz CT molecular complexity index is 718. The van der Waals surface area contributed by atoms with E-state index in [1.165, 1.54) is 17.2 Å². The van der Waals surface area contributed by atoms with Crippen molar-refractivity contribution in [2.45, 2.75) is 19.9 Å². The lowest BCUT2D eigenvalue weighted by molar-refractivity contribution is -0.153. The van der Waals surface area contributed by atoms with E-state index in [0.29, 0.717) is 6.54 Å². The molecule has 2 rings (SSSR count). The number of amides is 5. The number of urea groups is 1. The van der Waals surface area contributed by atoms with Crippen molar-refractivity contribution in [3.8, 4) is 0 Å². The van der Waals surface area contributed by atoms with Crippen LogP contribution in [0.4, 0.5) is 9.93 Å². The van der Waals surface area contributed by atoms with Crippen molar-refractivity contribution in [3.05, 3.63) is 11.1 Å². The van der Waals surface area contributed by atoms with Crippen LogP contribution >= 0.6 is 11.3 Å². The molecular weight excluding hydrogens is 350 g/mol. The number of imide groups is 1. The summed E-state index contributed by atoms with van der Waals surface area (Å²) in [6, 6.07) is -2.10. The van der Waals surface area contributed by atoms with Crippen molar-refractivity contribution in [1.82, 2.24) is 20.1 Å². The fourth-order valence-corrected chi connectivity index (χ4v) is 2.94. The minimum atomic E-state index is -1.22. The van der Waals surface area contributed by atoms with Gasteiger partial charge in [-0.05, 0) is 6.92 Å². The number of anilines is 1. The van der Waals surface area contributed by atoms with Crippen molar-refractivity contribution in [2.75, 3.05) is 25.0 Å². The minimum absolute atomic E-state index is 0.0318. The van der Waals surface area contributed by atoms with E-state index < -0.39 is 23.9 Å². The molecule has 1 unspecified atom stereocenters. The summed E-state index contributed by atoms with van der Waals surface area (Å²) in [7, 11) is 0. The van der Waals surface area contributed by atoms with Crippen molar-refractivity contribution < 1.29 is 24.0 Å². The van der Waals surface area contributed by atoms with Crippen LogP contribution in [0.25, 0.3) is 0 Å². The molecule has 1 saturated heterocycles. The van der Waals surface area contributed by atoms with Crippen LogP contribution in [-0.4, -0.2) is 64.5 Å². The fourth-order valence-electron chi connectivity index (χ4n) is 2.16. The molecule has 1 fully saturated rings. The van der Waals surface area contributed by atoms with Gasteiger partial charge in [-0.25, -0.2) is 9.78 Å². The number of rotatable bonds is 5. The van der Waals surface area contributed by atoms with Crippen LogP contribution in [0.1, 0.15) is 25.6 Å². The highest BCUT2D eigenvalue weighted by atomic mass is 32.1. The lowest BCUT2D eigenvalue weighted by Crippen LogP contribution is -2.58. The summed E-state index contributed by atoms with van der Waals surface area (Å²) in [5.41, 5.74) is 0.170. The van der Waals surface area contributed by atoms with Gasteiger partial charge in [0.15, 0.2) is 5.13 Å². The molecule has 0 saturated carbocycles. The molecule has 0 spiro atoms. The molecule has 0 aliphatic carbocycles. The average Bonchev–Trinajstić information content (AvgIpc) is 3.02. The molecule has 25 heavy (non-hydrogen) atoms. The first kappa shape index (κ1) is 18.5. The topological polar surface area (TPSA) is 129 Å². The number of thiazole rings is 1. The SMILES string of the molecule is CCN1CCN(C(=O)NC([C]=O)c2csc(NC(C)=O)n2)C(=O)C1=O. The van der Waals surface area contributed by atoms with E-state index in [0.717, 1.165) is 16.2 Å². The van der Waals surface area contributed by atoms with Gasteiger partial charge in [0.2, 0.25) is 12.2 Å². The first-order chi connectivity index (χ1) is 11.9. The van der Waals surface area contributed by atoms with E-state index in [1.54, 1.807) is 13.2 Å². The van der Waals surface area contributed by atoms with Gasteiger partial charge in [0.25, 0.3) is 0 Å². The predicted molar refractivity (Wildman–Crippen MR) is 87.4 cm³/mol. The van der Waals surface area contributed by atoms with E-state index >= 15 is 0 Å². The Morgan fingerprint density at radius 1 is 1.36 bits per heavy atom. The van der Waals surface area contributed by atoms with E-state index in [2.05, 4.69) is 15.6 Å². The Morgan fingerprint density at radius 3 is 2.68 bits per heavy atom. The largest absolute Gasteiger partial charge is 0.333 e. The Kier molecular flexibility index (Phi) is 5.80. The van der Waals surface area contributed by atoms with Crippen LogP contribution in [0.2, 0.25) is 0 Å². The fraction of sp³-hybridized carbons (Fsp3) is 0.429. The molecule has 2 heterocycles. The first-order valence-electron chi connectivity index (χ1n) is 7.39. The Balaban J connectivity index is 2.06. The molecule has 0 bridgehead atoms. The van der Waals surface area contributed by atoms with Gasteiger partial charge in [-0.15, -0.1) is 11.3 Å². The number of hydrogen-bond acceptors (Lipinski definition) is 7. The van der Waals surface area contributed by atoms with E-state index in [-0.39, 0.29) is 29.8 Å². The Labute approximate surface area is 147 Å². The zero-order valence-corrected chi connectivity index (χ0v) is 14.4. The van der Waals surface area contributed by atoms with Crippen molar-refractivity contribution >= 4 is 46.5 Å². The molecule has 10 nitrogen and oxygen atoms in total. The molecular formula is C14H16N5O5S. The second-order valence-electron chi connectivity index (χ2n) is 5.10. The minimum Gasteiger partial charge on any atom is -0.333 e. The standard InChI is InChI=1S/C14H16N5O5S/c1-3-18-4-5-19(12(23)11(18)22)14(24)17-9(6-20)10-7-25-13(16-10)15-8(2)21/h7,9H,3-5H2,1-2H3,(H,17,24)(H,15,16,21). The van der Waals surface area contributed by atoms with Gasteiger partial charge in [0.1, 0.15) is 6.04 Å². The second-order valence-corrected chi connectivity index (χ2v) is 5.96. The summed E-state index contributed by atoms with van der Waals surface area (Å²) in [6.45, 7) is 3.67. The van der Waals surface area contributed by atoms with Gasteiger partial charge >= 0.3 is 17.8 Å². The maximum atomic E-state index is 12.2. The normalized spacial score (nSPS) is 15.8. The maximum Gasteiger partial charge on any atom is 0.325 e. The summed E-state index contributed by atoms with van der Waals surface area (Å²) in [6.07, 6.45) is 1.62. The van der Waals surface area contributed by atoms with Crippen LogP contribution in [-0.2, 0) is 19.2 Å². The monoisotopic (exact) mass is 366 g/mol. The van der Waals surface area contributed by atoms with Crippen molar-refractivity contribution in [1.29, 1.82) is 0 Å². The highest BCUT2D eigenvalue weighted by Gasteiger charge is 2.36. The number of aromatic nitrogens is 1. The van der Waals surface area contributed by atoms with Crippen LogP contribution in [0.15, 0.2) is 5.38 Å². The third-order valence-corrected chi connectivity index (χ3v) is 4.20. The molecule has 0 aromatic carbocycles. The number of likely N-dealkylation sites (N-methyl/N-ethyl adjacent to an activating group) is 1. The zero-order chi connectivity index (χ0) is 18.6. The van der Waals surface area contributed by atoms with Crippen LogP contribution in [0.5, 0.6) is 0 Å². The lowest BCUT2D eigenvalue weighted by atomic mass is 10.2. The van der Waals surface area contributed by atoms with Gasteiger partial charge < -0.3 is 15.5 Å². The van der Waals surface area contributed by atoms with Gasteiger partial charge in [-0.2, -0.15) is 0 Å². The highest BCUT2D eigenvalue weighted by molar-refractivity contribution is 7.13. The van der Waals surface area contributed by atoms with Crippen LogP contribution < -0.4 is 10.6 Å². The van der Waals surface area contributed by atoms with Gasteiger partial charge in [0, 0.05) is 31.9 Å². The smallest absolute Gasteiger partial charge is 0.325 e. The molecule has 1 aliphatic rings. The predicted octanol–water partition coefficient (Wildman–Crippen LogP) is -0.347. The van der Waals surface area contributed by atoms with E-state index in [1.807, 2.05) is 0 Å². The third kappa shape index (κ3) is 4.18. The van der Waals surface area contributed by atoms with E-state index in [4.69, 9.17) is 0 Å². The maximum absolute atomic E-state index is 12.2. The number of nitrogens with one attached hydrogen (secondary N) is 2. The molecule has 1 aromatic rings.